The van der Waals surface area contributed by atoms with E-state index in [-0.39, 0.29) is 24.0 Å². The highest BCUT2D eigenvalue weighted by Gasteiger charge is 2.42. The molecule has 3 aliphatic heterocycles. The van der Waals surface area contributed by atoms with Gasteiger partial charge in [0.2, 0.25) is 5.91 Å². The molecule has 2 fully saturated rings. The summed E-state index contributed by atoms with van der Waals surface area (Å²) in [4.78, 5) is 26.3. The molecule has 41 heavy (non-hydrogen) atoms. The summed E-state index contributed by atoms with van der Waals surface area (Å²) < 4.78 is 25.8. The Hall–Kier alpha value is -3.33. The molecule has 5 heterocycles. The minimum absolute atomic E-state index is 0.0178. The first-order valence-electron chi connectivity index (χ1n) is 14.1. The van der Waals surface area contributed by atoms with Gasteiger partial charge in [0, 0.05) is 43.2 Å². The smallest absolute Gasteiger partial charge is 0.223 e. The van der Waals surface area contributed by atoms with Crippen LogP contribution in [0.4, 0.5) is 11.5 Å². The molecule has 0 bridgehead atoms. The van der Waals surface area contributed by atoms with Crippen molar-refractivity contribution in [2.24, 2.45) is 5.41 Å². The quantitative estimate of drug-likeness (QED) is 0.424. The van der Waals surface area contributed by atoms with E-state index in [1.165, 1.54) is 0 Å². The van der Waals surface area contributed by atoms with E-state index in [0.717, 1.165) is 61.5 Å². The number of terminal acetylenes is 1. The van der Waals surface area contributed by atoms with Crippen molar-refractivity contribution >= 4 is 39.7 Å². The largest absolute Gasteiger partial charge is 0.365 e. The fourth-order valence-electron chi connectivity index (χ4n) is 6.06. The van der Waals surface area contributed by atoms with Crippen molar-refractivity contribution < 1.29 is 17.9 Å². The number of carbonyl (C=O) groups excluding carboxylic acids is 1. The Morgan fingerprint density at radius 1 is 1.22 bits per heavy atom. The summed E-state index contributed by atoms with van der Waals surface area (Å²) in [5.41, 5.74) is 4.80. The van der Waals surface area contributed by atoms with E-state index in [2.05, 4.69) is 15.9 Å². The van der Waals surface area contributed by atoms with Gasteiger partial charge in [-0.2, -0.15) is 5.10 Å². The van der Waals surface area contributed by atoms with Crippen molar-refractivity contribution in [1.29, 1.82) is 0 Å². The summed E-state index contributed by atoms with van der Waals surface area (Å²) in [5, 5.41) is 4.68. The average Bonchev–Trinajstić information content (AvgIpc) is 3.68. The lowest BCUT2D eigenvalue weighted by Crippen LogP contribution is -2.41. The van der Waals surface area contributed by atoms with Crippen LogP contribution in [0.1, 0.15) is 58.2 Å². The number of rotatable bonds is 5. The molecular weight excluding hydrogens is 540 g/mol. The Labute approximate surface area is 243 Å². The number of carbonyl (C=O) groups is 1. The van der Waals surface area contributed by atoms with Gasteiger partial charge >= 0.3 is 0 Å². The topological polar surface area (TPSA) is 103 Å². The van der Waals surface area contributed by atoms with Gasteiger partial charge in [-0.05, 0) is 58.6 Å². The monoisotopic (exact) mass is 576 g/mol. The first-order chi connectivity index (χ1) is 19.6. The number of anilines is 2. The second kappa shape index (κ2) is 10.5. The fourth-order valence-corrected chi connectivity index (χ4v) is 6.64. The molecule has 0 radical (unpaired) electrons. The number of ether oxygens (including phenoxy) is 1. The van der Waals surface area contributed by atoms with Crippen LogP contribution in [0.5, 0.6) is 0 Å². The minimum Gasteiger partial charge on any atom is -0.365 e. The van der Waals surface area contributed by atoms with Crippen molar-refractivity contribution in [3.63, 3.8) is 0 Å². The Morgan fingerprint density at radius 2 is 1.98 bits per heavy atom. The van der Waals surface area contributed by atoms with Crippen LogP contribution in [0.3, 0.4) is 0 Å². The van der Waals surface area contributed by atoms with Gasteiger partial charge in [-0.25, -0.2) is 18.9 Å². The van der Waals surface area contributed by atoms with E-state index in [1.807, 2.05) is 39.0 Å². The van der Waals surface area contributed by atoms with Crippen molar-refractivity contribution in [1.82, 2.24) is 19.7 Å². The van der Waals surface area contributed by atoms with Crippen LogP contribution in [0, 0.1) is 17.8 Å². The number of fused-ring (bicyclic) bond motifs is 2. The van der Waals surface area contributed by atoms with Crippen molar-refractivity contribution in [3.05, 3.63) is 35.7 Å². The van der Waals surface area contributed by atoms with Crippen molar-refractivity contribution in [3.8, 4) is 18.0 Å². The molecule has 3 aliphatic rings. The Kier molecular flexibility index (Phi) is 7.12. The molecule has 1 aromatic carbocycles. The first-order valence-corrected chi connectivity index (χ1v) is 15.2. The molecule has 10 nitrogen and oxygen atoms in total. The number of hydrogen-bond donors (Lipinski definition) is 0. The third-order valence-electron chi connectivity index (χ3n) is 8.38. The van der Waals surface area contributed by atoms with E-state index in [1.54, 1.807) is 22.7 Å². The zero-order valence-corrected chi connectivity index (χ0v) is 24.9. The summed E-state index contributed by atoms with van der Waals surface area (Å²) >= 11 is -1.52. The fraction of sp³-hybridized carbons (Fsp3) is 0.533. The number of amides is 1. The molecule has 11 heteroatoms. The molecule has 1 unspecified atom stereocenters. The second-order valence-electron chi connectivity index (χ2n) is 12.2. The molecule has 0 N–H and O–H groups in total. The zero-order chi connectivity index (χ0) is 28.9. The predicted molar refractivity (Wildman–Crippen MR) is 158 cm³/mol. The van der Waals surface area contributed by atoms with Crippen LogP contribution in [0.15, 0.2) is 24.4 Å². The molecule has 216 valence electrons. The van der Waals surface area contributed by atoms with Crippen LogP contribution in [-0.4, -0.2) is 67.0 Å². The third kappa shape index (κ3) is 5.13. The third-order valence-corrected chi connectivity index (χ3v) is 9.71. The summed E-state index contributed by atoms with van der Waals surface area (Å²) in [6, 6.07) is 5.89. The molecule has 1 spiro atoms. The molecule has 1 amide bonds. The first kappa shape index (κ1) is 27.8. The Balaban J connectivity index is 1.36. The van der Waals surface area contributed by atoms with Crippen LogP contribution < -0.4 is 9.80 Å². The van der Waals surface area contributed by atoms with Gasteiger partial charge in [-0.15, -0.1) is 6.42 Å². The summed E-state index contributed by atoms with van der Waals surface area (Å²) in [5.74, 6) is 3.50. The van der Waals surface area contributed by atoms with Gasteiger partial charge in [-0.1, -0.05) is 12.0 Å². The number of piperidine rings is 1. The van der Waals surface area contributed by atoms with Crippen molar-refractivity contribution in [2.45, 2.75) is 70.8 Å². The van der Waals surface area contributed by atoms with Gasteiger partial charge < -0.3 is 14.5 Å². The highest BCUT2D eigenvalue weighted by Crippen LogP contribution is 2.43. The molecule has 3 aromatic rings. The van der Waals surface area contributed by atoms with Crippen molar-refractivity contribution in [2.75, 3.05) is 36.0 Å². The van der Waals surface area contributed by atoms with E-state index < -0.39 is 15.8 Å². The molecule has 0 aliphatic carbocycles. The normalized spacial score (nSPS) is 20.9. The lowest BCUT2D eigenvalue weighted by Gasteiger charge is -2.39. The molecule has 2 saturated heterocycles. The second-order valence-corrected chi connectivity index (χ2v) is 14.2. The number of nitrogens with zero attached hydrogens (tertiary/aromatic N) is 6. The van der Waals surface area contributed by atoms with Gasteiger partial charge in [0.15, 0.2) is 22.5 Å². The highest BCUT2D eigenvalue weighted by atomic mass is 32.2. The maximum absolute atomic E-state index is 12.8. The number of benzene rings is 1. The SMILES string of the molecule is C#C[C@H]1CC2(CCN(c3nc4cnn(-c5cccc6c5CCN6C(C)=O)c4nc3COS(=O)C(C)(C)C)CC2)CO1. The maximum Gasteiger partial charge on any atom is 0.223 e. The molecule has 2 atom stereocenters. The summed E-state index contributed by atoms with van der Waals surface area (Å²) in [6.45, 7) is 10.2. The van der Waals surface area contributed by atoms with Gasteiger partial charge in [0.1, 0.15) is 23.9 Å². The molecule has 6 rings (SSSR count). The van der Waals surface area contributed by atoms with Gasteiger partial charge in [0.05, 0.1) is 23.2 Å². The lowest BCUT2D eigenvalue weighted by atomic mass is 9.76. The van der Waals surface area contributed by atoms with Crippen LogP contribution in [-0.2, 0) is 37.8 Å². The van der Waals surface area contributed by atoms with E-state index >= 15 is 0 Å². The Morgan fingerprint density at radius 3 is 2.66 bits per heavy atom. The van der Waals surface area contributed by atoms with Crippen LogP contribution in [0.25, 0.3) is 16.9 Å². The molecule has 2 aromatic heterocycles. The van der Waals surface area contributed by atoms with Crippen LogP contribution >= 0.6 is 0 Å². The molecular formula is C30H36N6O4S. The van der Waals surface area contributed by atoms with Gasteiger partial charge in [-0.3, -0.25) is 8.98 Å². The van der Waals surface area contributed by atoms with E-state index in [4.69, 9.17) is 25.3 Å². The minimum atomic E-state index is -1.52. The lowest BCUT2D eigenvalue weighted by molar-refractivity contribution is -0.116. The Bertz CT molecular complexity index is 1560. The zero-order valence-electron chi connectivity index (χ0n) is 24.1. The average molecular weight is 577 g/mol. The maximum atomic E-state index is 12.8. The standard InChI is InChI=1S/C30H36N6O4S/c1-6-21-16-30(19-39-21)11-14-34(15-12-30)27-24(18-40-41(38)29(3,4)5)33-28-23(32-27)17-31-36(28)26-9-7-8-25-22(26)10-13-35(25)20(2)37/h1,7-9,17,21H,10-16,18-19H2,2-5H3/t21-,41?/m0/s1. The number of hydrogen-bond acceptors (Lipinski definition) is 8. The van der Waals surface area contributed by atoms with E-state index in [0.29, 0.717) is 30.0 Å². The van der Waals surface area contributed by atoms with E-state index in [9.17, 15) is 9.00 Å². The van der Waals surface area contributed by atoms with Crippen LogP contribution in [0.2, 0.25) is 0 Å². The number of aromatic nitrogens is 4. The summed E-state index contributed by atoms with van der Waals surface area (Å²) in [7, 11) is 0. The molecule has 0 saturated carbocycles. The summed E-state index contributed by atoms with van der Waals surface area (Å²) in [6.07, 6.45) is 10.8. The predicted octanol–water partition coefficient (Wildman–Crippen LogP) is 3.71. The highest BCUT2D eigenvalue weighted by molar-refractivity contribution is 7.81. The van der Waals surface area contributed by atoms with Gasteiger partial charge in [0.25, 0.3) is 0 Å².